The molecule has 1 heterocycles. The summed E-state index contributed by atoms with van der Waals surface area (Å²) < 4.78 is 29.7. The lowest BCUT2D eigenvalue weighted by Gasteiger charge is -2.25. The van der Waals surface area contributed by atoms with Crippen molar-refractivity contribution >= 4 is 33.2 Å². The van der Waals surface area contributed by atoms with Gasteiger partial charge in [0, 0.05) is 18.5 Å². The monoisotopic (exact) mass is 424 g/mol. The molecule has 0 aliphatic heterocycles. The molecule has 2 aromatic rings. The fourth-order valence-electron chi connectivity index (χ4n) is 2.45. The van der Waals surface area contributed by atoms with E-state index in [0.29, 0.717) is 11.3 Å². The minimum absolute atomic E-state index is 0.136. The number of carbonyl (C=O) groups excluding carboxylic acids is 2. The largest absolute Gasteiger partial charge is 0.451 e. The molecule has 7 nitrogen and oxygen atoms in total. The summed E-state index contributed by atoms with van der Waals surface area (Å²) in [7, 11) is -1.56. The van der Waals surface area contributed by atoms with Crippen molar-refractivity contribution in [3.8, 4) is 0 Å². The van der Waals surface area contributed by atoms with E-state index in [9.17, 15) is 18.0 Å². The zero-order valence-electron chi connectivity index (χ0n) is 16.0. The van der Waals surface area contributed by atoms with Crippen molar-refractivity contribution in [2.24, 2.45) is 0 Å². The highest BCUT2D eigenvalue weighted by Crippen LogP contribution is 2.20. The summed E-state index contributed by atoms with van der Waals surface area (Å²) >= 11 is 1.22. The molecule has 0 saturated heterocycles. The average molecular weight is 425 g/mol. The molecule has 0 fully saturated rings. The molecule has 0 bridgehead atoms. The number of ether oxygens (including phenoxy) is 1. The maximum atomic E-state index is 12.3. The van der Waals surface area contributed by atoms with E-state index in [0.717, 1.165) is 16.7 Å². The van der Waals surface area contributed by atoms with Crippen LogP contribution in [0.1, 0.15) is 33.1 Å². The van der Waals surface area contributed by atoms with Crippen LogP contribution in [0.2, 0.25) is 0 Å². The minimum Gasteiger partial charge on any atom is -0.451 e. The summed E-state index contributed by atoms with van der Waals surface area (Å²) in [5.41, 5.74) is 0.996. The van der Waals surface area contributed by atoms with Crippen molar-refractivity contribution in [3.05, 3.63) is 57.8 Å². The van der Waals surface area contributed by atoms with E-state index in [1.807, 2.05) is 37.3 Å². The number of thiophene rings is 1. The van der Waals surface area contributed by atoms with Crippen molar-refractivity contribution in [2.75, 3.05) is 26.5 Å². The fraction of sp³-hybridized carbons (Fsp3) is 0.368. The SMILES string of the molecule is CC(c1ccccc1)N(C)C(=O)COC(=O)c1ccc(CCNS(C)(=O)=O)s1. The summed E-state index contributed by atoms with van der Waals surface area (Å²) in [5.74, 6) is -0.861. The van der Waals surface area contributed by atoms with Gasteiger partial charge in [-0.2, -0.15) is 0 Å². The second kappa shape index (κ2) is 9.81. The molecular weight excluding hydrogens is 400 g/mol. The number of rotatable bonds is 9. The predicted octanol–water partition coefficient (Wildman–Crippen LogP) is 2.22. The van der Waals surface area contributed by atoms with Crippen LogP contribution >= 0.6 is 11.3 Å². The Morgan fingerprint density at radius 1 is 1.18 bits per heavy atom. The second-order valence-electron chi connectivity index (χ2n) is 6.35. The van der Waals surface area contributed by atoms with Crippen LogP contribution in [0, 0.1) is 0 Å². The van der Waals surface area contributed by atoms with E-state index in [-0.39, 0.29) is 25.1 Å². The van der Waals surface area contributed by atoms with Gasteiger partial charge in [0.15, 0.2) is 6.61 Å². The van der Waals surface area contributed by atoms with E-state index in [1.54, 1.807) is 24.1 Å². The molecule has 152 valence electrons. The molecule has 1 aromatic carbocycles. The van der Waals surface area contributed by atoms with Crippen molar-refractivity contribution in [1.82, 2.24) is 9.62 Å². The first-order valence-electron chi connectivity index (χ1n) is 8.68. The Kier molecular flexibility index (Phi) is 7.73. The number of benzene rings is 1. The van der Waals surface area contributed by atoms with Crippen molar-refractivity contribution in [1.29, 1.82) is 0 Å². The van der Waals surface area contributed by atoms with Crippen LogP contribution in [0.4, 0.5) is 0 Å². The lowest BCUT2D eigenvalue weighted by atomic mass is 10.1. The first-order valence-corrected chi connectivity index (χ1v) is 11.4. The van der Waals surface area contributed by atoms with Crippen LogP contribution in [-0.2, 0) is 26.0 Å². The third-order valence-electron chi connectivity index (χ3n) is 4.18. The minimum atomic E-state index is -3.24. The number of likely N-dealkylation sites (N-methyl/N-ethyl adjacent to an activating group) is 1. The zero-order valence-corrected chi connectivity index (χ0v) is 17.7. The average Bonchev–Trinajstić information content (AvgIpc) is 3.13. The Morgan fingerprint density at radius 2 is 1.86 bits per heavy atom. The molecule has 0 spiro atoms. The van der Waals surface area contributed by atoms with Crippen molar-refractivity contribution < 1.29 is 22.7 Å². The first kappa shape index (κ1) is 22.1. The molecule has 0 radical (unpaired) electrons. The van der Waals surface area contributed by atoms with Gasteiger partial charge in [-0.25, -0.2) is 17.9 Å². The van der Waals surface area contributed by atoms with Gasteiger partial charge in [0.1, 0.15) is 4.88 Å². The number of nitrogens with zero attached hydrogens (tertiary/aromatic N) is 1. The molecule has 0 aliphatic carbocycles. The molecule has 9 heteroatoms. The van der Waals surface area contributed by atoms with Gasteiger partial charge in [-0.1, -0.05) is 30.3 Å². The summed E-state index contributed by atoms with van der Waals surface area (Å²) in [5, 5.41) is 0. The first-order chi connectivity index (χ1) is 13.2. The van der Waals surface area contributed by atoms with E-state index in [2.05, 4.69) is 4.72 Å². The van der Waals surface area contributed by atoms with Gasteiger partial charge in [-0.3, -0.25) is 4.79 Å². The Balaban J connectivity index is 1.84. The van der Waals surface area contributed by atoms with Crippen molar-refractivity contribution in [2.45, 2.75) is 19.4 Å². The van der Waals surface area contributed by atoms with Crippen LogP contribution in [0.5, 0.6) is 0 Å². The van der Waals surface area contributed by atoms with Gasteiger partial charge in [0.05, 0.1) is 12.3 Å². The lowest BCUT2D eigenvalue weighted by Crippen LogP contribution is -2.33. The summed E-state index contributed by atoms with van der Waals surface area (Å²) in [6.45, 7) is 1.83. The highest BCUT2D eigenvalue weighted by molar-refractivity contribution is 7.88. The topological polar surface area (TPSA) is 92.8 Å². The molecule has 1 aromatic heterocycles. The van der Waals surface area contributed by atoms with Gasteiger partial charge in [-0.15, -0.1) is 11.3 Å². The highest BCUT2D eigenvalue weighted by atomic mass is 32.2. The molecule has 1 N–H and O–H groups in total. The molecular formula is C19H24N2O5S2. The molecule has 2 rings (SSSR count). The predicted molar refractivity (Wildman–Crippen MR) is 109 cm³/mol. The number of hydrogen-bond donors (Lipinski definition) is 1. The Labute approximate surface area is 169 Å². The van der Waals surface area contributed by atoms with Crippen LogP contribution in [0.3, 0.4) is 0 Å². The van der Waals surface area contributed by atoms with Gasteiger partial charge in [-0.05, 0) is 31.0 Å². The fourth-order valence-corrected chi connectivity index (χ4v) is 3.83. The van der Waals surface area contributed by atoms with Crippen LogP contribution in [-0.4, -0.2) is 51.6 Å². The van der Waals surface area contributed by atoms with E-state index < -0.39 is 16.0 Å². The number of amides is 1. The highest BCUT2D eigenvalue weighted by Gasteiger charge is 2.19. The number of sulfonamides is 1. The standard InChI is InChI=1S/C19H24N2O5S2/c1-14(15-7-5-4-6-8-15)21(2)18(22)13-26-19(23)17-10-9-16(27-17)11-12-20-28(3,24)25/h4-10,14,20H,11-13H2,1-3H3. The summed E-state index contributed by atoms with van der Waals surface area (Å²) in [6, 6.07) is 12.8. The molecule has 1 amide bonds. The molecule has 0 saturated carbocycles. The Hall–Kier alpha value is -2.23. The summed E-state index contributed by atoms with van der Waals surface area (Å²) in [4.78, 5) is 27.3. The van der Waals surface area contributed by atoms with Crippen LogP contribution < -0.4 is 4.72 Å². The third-order valence-corrected chi connectivity index (χ3v) is 6.04. The van der Waals surface area contributed by atoms with E-state index in [4.69, 9.17) is 4.74 Å². The lowest BCUT2D eigenvalue weighted by molar-refractivity contribution is -0.135. The summed E-state index contributed by atoms with van der Waals surface area (Å²) in [6.07, 6.45) is 1.57. The van der Waals surface area contributed by atoms with E-state index >= 15 is 0 Å². The number of nitrogens with one attached hydrogen (secondary N) is 1. The van der Waals surface area contributed by atoms with E-state index in [1.165, 1.54) is 11.3 Å². The quantitative estimate of drug-likeness (QED) is 0.623. The number of esters is 1. The van der Waals surface area contributed by atoms with Gasteiger partial charge in [0.2, 0.25) is 10.0 Å². The van der Waals surface area contributed by atoms with Crippen LogP contribution in [0.25, 0.3) is 0 Å². The number of carbonyl (C=O) groups is 2. The van der Waals surface area contributed by atoms with Crippen LogP contribution in [0.15, 0.2) is 42.5 Å². The maximum Gasteiger partial charge on any atom is 0.348 e. The molecule has 0 aliphatic rings. The Morgan fingerprint density at radius 3 is 2.50 bits per heavy atom. The zero-order chi connectivity index (χ0) is 20.7. The van der Waals surface area contributed by atoms with Gasteiger partial charge in [0.25, 0.3) is 5.91 Å². The third kappa shape index (κ3) is 6.74. The Bertz CT molecular complexity index is 909. The molecule has 1 unspecified atom stereocenters. The smallest absolute Gasteiger partial charge is 0.348 e. The van der Waals surface area contributed by atoms with Gasteiger partial charge >= 0.3 is 5.97 Å². The number of hydrogen-bond acceptors (Lipinski definition) is 6. The normalized spacial score (nSPS) is 12.4. The molecule has 1 atom stereocenters. The maximum absolute atomic E-state index is 12.3. The van der Waals surface area contributed by atoms with Gasteiger partial charge < -0.3 is 9.64 Å². The second-order valence-corrected chi connectivity index (χ2v) is 9.35. The molecule has 28 heavy (non-hydrogen) atoms. The van der Waals surface area contributed by atoms with Crippen molar-refractivity contribution in [3.63, 3.8) is 0 Å².